The normalized spacial score (nSPS) is 11.3. The highest BCUT2D eigenvalue weighted by molar-refractivity contribution is 5.80. The van der Waals surface area contributed by atoms with E-state index in [2.05, 4.69) is 4.98 Å². The van der Waals surface area contributed by atoms with E-state index in [1.54, 1.807) is 11.9 Å². The fourth-order valence-electron chi connectivity index (χ4n) is 1.72. The van der Waals surface area contributed by atoms with Crippen LogP contribution in [0.2, 0.25) is 0 Å². The molecule has 1 aromatic heterocycles. The smallest absolute Gasteiger partial charge is 0.242 e. The van der Waals surface area contributed by atoms with Crippen LogP contribution < -0.4 is 0 Å². The van der Waals surface area contributed by atoms with Crippen LogP contribution in [0.15, 0.2) is 18.5 Å². The van der Waals surface area contributed by atoms with Gasteiger partial charge in [0, 0.05) is 25.2 Å². The van der Waals surface area contributed by atoms with E-state index in [9.17, 15) is 13.6 Å². The fourth-order valence-corrected chi connectivity index (χ4v) is 1.72. The van der Waals surface area contributed by atoms with Gasteiger partial charge in [-0.1, -0.05) is 0 Å². The molecule has 0 saturated carbocycles. The van der Waals surface area contributed by atoms with Crippen molar-refractivity contribution in [2.75, 3.05) is 7.05 Å². The minimum Gasteiger partial charge on any atom is -0.342 e. The Bertz CT molecular complexity index is 622. The fraction of sp³-hybridized carbons (Fsp3) is 0.385. The number of carbonyl (C=O) groups excluding carboxylic acids is 1. The van der Waals surface area contributed by atoms with Crippen LogP contribution in [-0.2, 0) is 11.3 Å². The topological polar surface area (TPSA) is 38.1 Å². The van der Waals surface area contributed by atoms with E-state index in [-0.39, 0.29) is 18.5 Å². The molecule has 0 unspecified atom stereocenters. The summed E-state index contributed by atoms with van der Waals surface area (Å²) in [6.07, 6.45) is 1.41. The summed E-state index contributed by atoms with van der Waals surface area (Å²) in [5, 5.41) is 0. The van der Waals surface area contributed by atoms with Crippen LogP contribution in [0.1, 0.15) is 13.8 Å². The number of benzene rings is 1. The Morgan fingerprint density at radius 2 is 2.00 bits per heavy atom. The maximum atomic E-state index is 13.2. The monoisotopic (exact) mass is 267 g/mol. The van der Waals surface area contributed by atoms with E-state index in [0.29, 0.717) is 11.0 Å². The van der Waals surface area contributed by atoms with Gasteiger partial charge in [0.2, 0.25) is 5.91 Å². The minimum absolute atomic E-state index is 0.0518. The van der Waals surface area contributed by atoms with Crippen LogP contribution in [0.5, 0.6) is 0 Å². The predicted octanol–water partition coefficient (Wildman–Crippen LogP) is 2.18. The highest BCUT2D eigenvalue weighted by Crippen LogP contribution is 2.17. The lowest BCUT2D eigenvalue weighted by Crippen LogP contribution is -2.35. The highest BCUT2D eigenvalue weighted by Gasteiger charge is 2.15. The number of hydrogen-bond donors (Lipinski definition) is 0. The van der Waals surface area contributed by atoms with Crippen molar-refractivity contribution in [1.82, 2.24) is 14.5 Å². The summed E-state index contributed by atoms with van der Waals surface area (Å²) in [5.74, 6) is -2.00. The Labute approximate surface area is 109 Å². The largest absolute Gasteiger partial charge is 0.342 e. The van der Waals surface area contributed by atoms with Gasteiger partial charge in [0.25, 0.3) is 0 Å². The molecule has 0 aliphatic heterocycles. The lowest BCUT2D eigenvalue weighted by atomic mass is 10.3. The van der Waals surface area contributed by atoms with Crippen molar-refractivity contribution in [1.29, 1.82) is 0 Å². The Kier molecular flexibility index (Phi) is 3.50. The third-order valence-corrected chi connectivity index (χ3v) is 3.14. The molecule has 19 heavy (non-hydrogen) atoms. The lowest BCUT2D eigenvalue weighted by molar-refractivity contribution is -0.131. The van der Waals surface area contributed by atoms with E-state index in [1.807, 2.05) is 13.8 Å². The Morgan fingerprint density at radius 3 is 2.63 bits per heavy atom. The minimum atomic E-state index is -0.945. The van der Waals surface area contributed by atoms with Crippen LogP contribution >= 0.6 is 0 Å². The molecule has 0 aliphatic rings. The van der Waals surface area contributed by atoms with Gasteiger partial charge in [0.15, 0.2) is 11.6 Å². The van der Waals surface area contributed by atoms with Crippen molar-refractivity contribution < 1.29 is 13.6 Å². The third kappa shape index (κ3) is 2.57. The first-order valence-corrected chi connectivity index (χ1v) is 5.95. The molecule has 0 fully saturated rings. The van der Waals surface area contributed by atoms with Crippen LogP contribution in [0.25, 0.3) is 11.0 Å². The summed E-state index contributed by atoms with van der Waals surface area (Å²) in [6, 6.07) is 2.16. The predicted molar refractivity (Wildman–Crippen MR) is 67.6 cm³/mol. The van der Waals surface area contributed by atoms with E-state index < -0.39 is 11.6 Å². The Morgan fingerprint density at radius 1 is 1.37 bits per heavy atom. The number of carbonyl (C=O) groups is 1. The maximum absolute atomic E-state index is 13.2. The summed E-state index contributed by atoms with van der Waals surface area (Å²) < 4.78 is 27.8. The van der Waals surface area contributed by atoms with Crippen molar-refractivity contribution in [3.63, 3.8) is 0 Å². The number of amides is 1. The second kappa shape index (κ2) is 4.95. The van der Waals surface area contributed by atoms with Crippen LogP contribution in [0.4, 0.5) is 8.78 Å². The van der Waals surface area contributed by atoms with Gasteiger partial charge in [0.05, 0.1) is 17.4 Å². The summed E-state index contributed by atoms with van der Waals surface area (Å²) in [6.45, 7) is 3.86. The molecule has 0 N–H and O–H groups in total. The van der Waals surface area contributed by atoms with Crippen molar-refractivity contribution in [2.24, 2.45) is 0 Å². The van der Waals surface area contributed by atoms with Crippen molar-refractivity contribution >= 4 is 16.9 Å². The zero-order valence-electron chi connectivity index (χ0n) is 11.0. The average Bonchev–Trinajstić information content (AvgIpc) is 2.71. The van der Waals surface area contributed by atoms with Gasteiger partial charge in [-0.2, -0.15) is 0 Å². The molecule has 102 valence electrons. The van der Waals surface area contributed by atoms with Gasteiger partial charge in [-0.05, 0) is 13.8 Å². The first kappa shape index (κ1) is 13.5. The number of halogens is 2. The van der Waals surface area contributed by atoms with Crippen molar-refractivity contribution in [3.8, 4) is 0 Å². The lowest BCUT2D eigenvalue weighted by Gasteiger charge is -2.21. The highest BCUT2D eigenvalue weighted by atomic mass is 19.2. The molecule has 0 bridgehead atoms. The standard InChI is InChI=1S/C13H15F2N3O/c1-8(2)17(3)13(19)6-18-7-16-11-4-9(14)10(15)5-12(11)18/h4-5,7-8H,6H2,1-3H3. The summed E-state index contributed by atoms with van der Waals surface area (Å²) in [5.41, 5.74) is 0.739. The van der Waals surface area contributed by atoms with E-state index >= 15 is 0 Å². The molecule has 0 aliphatic carbocycles. The number of aromatic nitrogens is 2. The second-order valence-corrected chi connectivity index (χ2v) is 4.73. The third-order valence-electron chi connectivity index (χ3n) is 3.14. The van der Waals surface area contributed by atoms with Crippen LogP contribution in [0, 0.1) is 11.6 Å². The van der Waals surface area contributed by atoms with Gasteiger partial charge in [-0.15, -0.1) is 0 Å². The van der Waals surface area contributed by atoms with E-state index in [1.165, 1.54) is 10.9 Å². The first-order chi connectivity index (χ1) is 8.90. The van der Waals surface area contributed by atoms with Crippen molar-refractivity contribution in [3.05, 3.63) is 30.1 Å². The molecule has 0 saturated heterocycles. The summed E-state index contributed by atoms with van der Waals surface area (Å²) >= 11 is 0. The Balaban J connectivity index is 2.31. The molecule has 2 rings (SSSR count). The molecule has 6 heteroatoms. The number of likely N-dealkylation sites (N-methyl/N-ethyl adjacent to an activating group) is 1. The maximum Gasteiger partial charge on any atom is 0.242 e. The molecular formula is C13H15F2N3O. The average molecular weight is 267 g/mol. The van der Waals surface area contributed by atoms with Gasteiger partial charge < -0.3 is 9.47 Å². The quantitative estimate of drug-likeness (QED) is 0.855. The van der Waals surface area contributed by atoms with Gasteiger partial charge >= 0.3 is 0 Å². The van der Waals surface area contributed by atoms with Gasteiger partial charge in [-0.25, -0.2) is 13.8 Å². The van der Waals surface area contributed by atoms with Crippen LogP contribution in [0.3, 0.4) is 0 Å². The molecular weight excluding hydrogens is 252 g/mol. The van der Waals surface area contributed by atoms with E-state index in [4.69, 9.17) is 0 Å². The zero-order valence-corrected chi connectivity index (χ0v) is 11.0. The van der Waals surface area contributed by atoms with Crippen molar-refractivity contribution in [2.45, 2.75) is 26.4 Å². The summed E-state index contributed by atoms with van der Waals surface area (Å²) in [7, 11) is 1.70. The first-order valence-electron chi connectivity index (χ1n) is 5.95. The molecule has 0 spiro atoms. The molecule has 1 amide bonds. The van der Waals surface area contributed by atoms with Gasteiger partial charge in [0.1, 0.15) is 6.54 Å². The molecule has 0 atom stereocenters. The van der Waals surface area contributed by atoms with Gasteiger partial charge in [-0.3, -0.25) is 4.79 Å². The van der Waals surface area contributed by atoms with Crippen LogP contribution in [-0.4, -0.2) is 33.4 Å². The molecule has 1 heterocycles. The Hall–Kier alpha value is -1.98. The second-order valence-electron chi connectivity index (χ2n) is 4.73. The number of hydrogen-bond acceptors (Lipinski definition) is 2. The molecule has 1 aromatic carbocycles. The number of rotatable bonds is 3. The zero-order chi connectivity index (χ0) is 14.2. The number of imidazole rings is 1. The van der Waals surface area contributed by atoms with E-state index in [0.717, 1.165) is 12.1 Å². The molecule has 2 aromatic rings. The SMILES string of the molecule is CC(C)N(C)C(=O)Cn1cnc2cc(F)c(F)cc21. The number of fused-ring (bicyclic) bond motifs is 1. The molecule has 4 nitrogen and oxygen atoms in total. The summed E-state index contributed by atoms with van der Waals surface area (Å²) in [4.78, 5) is 17.5. The number of nitrogens with zero attached hydrogens (tertiary/aromatic N) is 3. The molecule has 0 radical (unpaired) electrons.